The number of hydrogen-bond donors (Lipinski definition) is 2. The average molecular weight is 779 g/mol. The summed E-state index contributed by atoms with van der Waals surface area (Å²) in [6.07, 6.45) is 50.8. The number of phosphoric acid groups is 1. The molecule has 8 nitrogen and oxygen atoms in total. The summed E-state index contributed by atoms with van der Waals surface area (Å²) in [6.45, 7) is 3.62. The molecule has 0 rings (SSSR count). The minimum atomic E-state index is -4.77. The van der Waals surface area contributed by atoms with E-state index in [-0.39, 0.29) is 19.4 Å². The fraction of sp³-hybridized carbons (Fsp3) is 0.733. The summed E-state index contributed by atoms with van der Waals surface area (Å²) in [5.41, 5.74) is 0. The molecule has 0 aromatic heterocycles. The second kappa shape index (κ2) is 40.4. The number of allylic oxidation sites excluding steroid dienone is 10. The lowest BCUT2D eigenvalue weighted by atomic mass is 10.1. The molecule has 0 bridgehead atoms. The highest BCUT2D eigenvalue weighted by molar-refractivity contribution is 7.46. The third kappa shape index (κ3) is 42.5. The van der Waals surface area contributed by atoms with Crippen molar-refractivity contribution in [3.63, 3.8) is 0 Å². The average Bonchev–Trinajstić information content (AvgIpc) is 3.14. The molecule has 0 aliphatic carbocycles. The molecule has 1 atom stereocenters. The SMILES string of the molecule is CCCCC/C=C/C/C=C/C/C=C/C/C=C/CCCCCC(=O)O[C@H](COC(=O)CCCCCCCCCCC/C=C/CCCCCC)COP(=O)(O)O. The largest absolute Gasteiger partial charge is 0.469 e. The van der Waals surface area contributed by atoms with E-state index in [4.69, 9.17) is 19.3 Å². The highest BCUT2D eigenvalue weighted by atomic mass is 31.2. The van der Waals surface area contributed by atoms with Crippen LogP contribution < -0.4 is 0 Å². The maximum atomic E-state index is 12.4. The van der Waals surface area contributed by atoms with Crippen molar-refractivity contribution >= 4 is 19.8 Å². The predicted octanol–water partition coefficient (Wildman–Crippen LogP) is 13.3. The predicted molar refractivity (Wildman–Crippen MR) is 225 cm³/mol. The number of ether oxygens (including phenoxy) is 2. The monoisotopic (exact) mass is 779 g/mol. The van der Waals surface area contributed by atoms with Crippen molar-refractivity contribution in [1.29, 1.82) is 0 Å². The molecule has 0 radical (unpaired) electrons. The Bertz CT molecular complexity index is 1060. The lowest BCUT2D eigenvalue weighted by molar-refractivity contribution is -0.161. The molecule has 0 saturated carbocycles. The van der Waals surface area contributed by atoms with E-state index in [2.05, 4.69) is 79.1 Å². The van der Waals surface area contributed by atoms with Crippen molar-refractivity contribution in [2.24, 2.45) is 0 Å². The van der Waals surface area contributed by atoms with Crippen molar-refractivity contribution in [1.82, 2.24) is 0 Å². The number of rotatable bonds is 39. The fourth-order valence-electron chi connectivity index (χ4n) is 5.76. The molecular formula is C45H79O8P. The number of hydrogen-bond acceptors (Lipinski definition) is 6. The number of esters is 2. The Hall–Kier alpha value is -2.25. The van der Waals surface area contributed by atoms with Gasteiger partial charge in [0.05, 0.1) is 6.61 Å². The van der Waals surface area contributed by atoms with Crippen LogP contribution in [0.5, 0.6) is 0 Å². The maximum Gasteiger partial charge on any atom is 0.469 e. The molecule has 0 saturated heterocycles. The first kappa shape index (κ1) is 51.8. The van der Waals surface area contributed by atoms with E-state index in [0.29, 0.717) is 12.8 Å². The van der Waals surface area contributed by atoms with Gasteiger partial charge in [-0.05, 0) is 83.5 Å². The van der Waals surface area contributed by atoms with Crippen LogP contribution in [0.4, 0.5) is 0 Å². The normalized spacial score (nSPS) is 13.0. The highest BCUT2D eigenvalue weighted by Crippen LogP contribution is 2.36. The zero-order chi connectivity index (χ0) is 39.6. The van der Waals surface area contributed by atoms with Gasteiger partial charge in [-0.25, -0.2) is 4.57 Å². The minimum Gasteiger partial charge on any atom is -0.462 e. The van der Waals surface area contributed by atoms with Crippen LogP contribution in [0.1, 0.15) is 194 Å². The second-order valence-corrected chi connectivity index (χ2v) is 15.5. The lowest BCUT2D eigenvalue weighted by Gasteiger charge is -2.18. The summed E-state index contributed by atoms with van der Waals surface area (Å²) < 4.78 is 26.4. The maximum absolute atomic E-state index is 12.4. The molecule has 0 spiro atoms. The Morgan fingerprint density at radius 1 is 0.481 bits per heavy atom. The van der Waals surface area contributed by atoms with Crippen molar-refractivity contribution in [2.75, 3.05) is 13.2 Å². The van der Waals surface area contributed by atoms with Crippen LogP contribution in [0.2, 0.25) is 0 Å². The van der Waals surface area contributed by atoms with E-state index in [9.17, 15) is 14.2 Å². The summed E-state index contributed by atoms with van der Waals surface area (Å²) in [4.78, 5) is 42.9. The topological polar surface area (TPSA) is 119 Å². The van der Waals surface area contributed by atoms with E-state index < -0.39 is 32.5 Å². The van der Waals surface area contributed by atoms with Crippen LogP contribution in [-0.4, -0.2) is 41.0 Å². The number of phosphoric ester groups is 1. The molecule has 0 aliphatic rings. The molecule has 9 heteroatoms. The summed E-state index contributed by atoms with van der Waals surface area (Å²) in [5, 5.41) is 0. The van der Waals surface area contributed by atoms with Gasteiger partial charge < -0.3 is 19.3 Å². The number of unbranched alkanes of at least 4 members (excludes halogenated alkanes) is 19. The smallest absolute Gasteiger partial charge is 0.462 e. The van der Waals surface area contributed by atoms with Gasteiger partial charge in [-0.1, -0.05) is 158 Å². The first-order valence-corrected chi connectivity index (χ1v) is 23.1. The van der Waals surface area contributed by atoms with Gasteiger partial charge in [0.1, 0.15) is 6.61 Å². The molecule has 312 valence electrons. The quantitative estimate of drug-likeness (QED) is 0.0274. The fourth-order valence-corrected chi connectivity index (χ4v) is 6.12. The van der Waals surface area contributed by atoms with E-state index in [1.54, 1.807) is 0 Å². The molecule has 0 fully saturated rings. The Morgan fingerprint density at radius 3 is 1.31 bits per heavy atom. The summed E-state index contributed by atoms with van der Waals surface area (Å²) in [5.74, 6) is -0.924. The summed E-state index contributed by atoms with van der Waals surface area (Å²) >= 11 is 0. The number of carbonyl (C=O) groups is 2. The van der Waals surface area contributed by atoms with Gasteiger partial charge in [0.2, 0.25) is 0 Å². The Balaban J connectivity index is 3.99. The van der Waals surface area contributed by atoms with E-state index in [1.807, 2.05) is 0 Å². The molecule has 0 unspecified atom stereocenters. The zero-order valence-corrected chi connectivity index (χ0v) is 35.2. The molecular weight excluding hydrogens is 699 g/mol. The minimum absolute atomic E-state index is 0.172. The van der Waals surface area contributed by atoms with Gasteiger partial charge >= 0.3 is 19.8 Å². The first-order chi connectivity index (χ1) is 26.3. The van der Waals surface area contributed by atoms with E-state index >= 15 is 0 Å². The Labute approximate surface area is 330 Å². The molecule has 0 aliphatic heterocycles. The van der Waals surface area contributed by atoms with Crippen LogP contribution >= 0.6 is 7.82 Å². The Morgan fingerprint density at radius 2 is 0.833 bits per heavy atom. The molecule has 0 amide bonds. The third-order valence-corrected chi connectivity index (χ3v) is 9.49. The second-order valence-electron chi connectivity index (χ2n) is 14.3. The zero-order valence-electron chi connectivity index (χ0n) is 34.4. The standard InChI is InChI=1S/C45H79O8P/c1-3-5-7-9-11-13-15-17-19-21-22-24-26-28-30-32-34-36-38-40-45(47)53-43(42-52-54(48,49)50)41-51-44(46)39-37-35-33-31-29-27-25-23-20-18-16-14-12-10-8-6-4-2/h11,13-14,16-17,19,22,24,28,30,43H,3-10,12,15,18,20-21,23,25-27,29,31-42H2,1-2H3,(H2,48,49,50)/b13-11+,16-14+,19-17+,24-22+,30-28+/t43-/m1/s1. The Kier molecular flexibility index (Phi) is 38.7. The first-order valence-electron chi connectivity index (χ1n) is 21.6. The van der Waals surface area contributed by atoms with E-state index in [0.717, 1.165) is 57.8 Å². The molecule has 54 heavy (non-hydrogen) atoms. The van der Waals surface area contributed by atoms with Crippen molar-refractivity contribution < 1.29 is 37.9 Å². The molecule has 0 aromatic rings. The van der Waals surface area contributed by atoms with Crippen LogP contribution in [0.3, 0.4) is 0 Å². The van der Waals surface area contributed by atoms with Crippen LogP contribution in [-0.2, 0) is 28.2 Å². The summed E-state index contributed by atoms with van der Waals surface area (Å²) in [7, 11) is -4.77. The van der Waals surface area contributed by atoms with E-state index in [1.165, 1.54) is 96.3 Å². The molecule has 2 N–H and O–H groups in total. The van der Waals surface area contributed by atoms with Crippen LogP contribution in [0.15, 0.2) is 60.8 Å². The molecule has 0 aromatic carbocycles. The van der Waals surface area contributed by atoms with Gasteiger partial charge in [-0.2, -0.15) is 0 Å². The van der Waals surface area contributed by atoms with Crippen molar-refractivity contribution in [2.45, 2.75) is 200 Å². The van der Waals surface area contributed by atoms with Gasteiger partial charge in [-0.15, -0.1) is 0 Å². The van der Waals surface area contributed by atoms with Gasteiger partial charge in [0.15, 0.2) is 6.10 Å². The summed E-state index contributed by atoms with van der Waals surface area (Å²) in [6, 6.07) is 0. The number of carbonyl (C=O) groups excluding carboxylic acids is 2. The third-order valence-electron chi connectivity index (χ3n) is 9.01. The lowest BCUT2D eigenvalue weighted by Crippen LogP contribution is -2.29. The van der Waals surface area contributed by atoms with Gasteiger partial charge in [0, 0.05) is 12.8 Å². The van der Waals surface area contributed by atoms with Crippen molar-refractivity contribution in [3.05, 3.63) is 60.8 Å². The van der Waals surface area contributed by atoms with Gasteiger partial charge in [-0.3, -0.25) is 14.1 Å². The molecule has 0 heterocycles. The van der Waals surface area contributed by atoms with Gasteiger partial charge in [0.25, 0.3) is 0 Å². The van der Waals surface area contributed by atoms with Crippen molar-refractivity contribution in [3.8, 4) is 0 Å². The highest BCUT2D eigenvalue weighted by Gasteiger charge is 2.22. The van der Waals surface area contributed by atoms with Crippen LogP contribution in [0.25, 0.3) is 0 Å². The van der Waals surface area contributed by atoms with Crippen LogP contribution in [0, 0.1) is 0 Å².